The predicted molar refractivity (Wildman–Crippen MR) is 83.2 cm³/mol. The molecule has 2 nitrogen and oxygen atoms in total. The molecule has 0 saturated carbocycles. The van der Waals surface area contributed by atoms with E-state index in [0.717, 1.165) is 46.5 Å². The van der Waals surface area contributed by atoms with Crippen LogP contribution in [0.5, 0.6) is 0 Å². The van der Waals surface area contributed by atoms with Crippen molar-refractivity contribution in [2.45, 2.75) is 13.3 Å². The van der Waals surface area contributed by atoms with Crippen LogP contribution >= 0.6 is 11.8 Å². The van der Waals surface area contributed by atoms with Crippen LogP contribution in [0.15, 0.2) is 36.4 Å². The van der Waals surface area contributed by atoms with Crippen molar-refractivity contribution in [3.8, 4) is 0 Å². The quantitative estimate of drug-likeness (QED) is 0.768. The lowest BCUT2D eigenvalue weighted by Crippen LogP contribution is -2.28. The van der Waals surface area contributed by atoms with E-state index < -0.39 is 0 Å². The molecule has 0 radical (unpaired) electrons. The number of hydrogen-bond acceptors (Lipinski definition) is 2. The summed E-state index contributed by atoms with van der Waals surface area (Å²) in [5.41, 5.74) is 1.94. The summed E-state index contributed by atoms with van der Waals surface area (Å²) in [5.74, 6) is 2.42. The lowest BCUT2D eigenvalue weighted by molar-refractivity contribution is 0.0993. The van der Waals surface area contributed by atoms with Crippen LogP contribution in [0.1, 0.15) is 23.7 Å². The molecule has 1 heterocycles. The van der Waals surface area contributed by atoms with E-state index in [0.29, 0.717) is 0 Å². The molecule has 19 heavy (non-hydrogen) atoms. The van der Waals surface area contributed by atoms with Crippen molar-refractivity contribution in [3.05, 3.63) is 42.0 Å². The average molecular weight is 271 g/mol. The number of carbonyl (C=O) groups excluding carboxylic acids is 1. The molecule has 1 aliphatic heterocycles. The maximum Gasteiger partial charge on any atom is 0.258 e. The van der Waals surface area contributed by atoms with Crippen molar-refractivity contribution in [2.75, 3.05) is 23.0 Å². The second-order valence-corrected chi connectivity index (χ2v) is 6.08. The third kappa shape index (κ3) is 2.12. The molecule has 2 aromatic rings. The SMILES string of the molecule is CCSCCCN1C(=O)c2cccc3cccc1c23. The molecule has 0 spiro atoms. The summed E-state index contributed by atoms with van der Waals surface area (Å²) in [7, 11) is 0. The molecule has 0 N–H and O–H groups in total. The molecule has 0 atom stereocenters. The number of carbonyl (C=O) groups is 1. The van der Waals surface area contributed by atoms with Crippen LogP contribution < -0.4 is 4.90 Å². The molecule has 98 valence electrons. The second-order valence-electron chi connectivity index (χ2n) is 4.69. The van der Waals surface area contributed by atoms with Crippen molar-refractivity contribution in [1.29, 1.82) is 0 Å². The molecule has 0 aromatic heterocycles. The first-order valence-electron chi connectivity index (χ1n) is 6.74. The molecular weight excluding hydrogens is 254 g/mol. The van der Waals surface area contributed by atoms with Gasteiger partial charge in [0.25, 0.3) is 5.91 Å². The van der Waals surface area contributed by atoms with E-state index in [-0.39, 0.29) is 5.91 Å². The minimum Gasteiger partial charge on any atom is -0.308 e. The Morgan fingerprint density at radius 1 is 1.16 bits per heavy atom. The molecule has 0 unspecified atom stereocenters. The topological polar surface area (TPSA) is 20.3 Å². The Hall–Kier alpha value is -1.48. The fourth-order valence-corrected chi connectivity index (χ4v) is 3.29. The number of rotatable bonds is 5. The second kappa shape index (κ2) is 5.25. The van der Waals surface area contributed by atoms with E-state index in [1.165, 1.54) is 0 Å². The Labute approximate surface area is 117 Å². The van der Waals surface area contributed by atoms with Crippen molar-refractivity contribution >= 4 is 34.1 Å². The van der Waals surface area contributed by atoms with Crippen molar-refractivity contribution in [2.24, 2.45) is 0 Å². The Morgan fingerprint density at radius 2 is 1.95 bits per heavy atom. The predicted octanol–water partition coefficient (Wildman–Crippen LogP) is 3.94. The first-order chi connectivity index (χ1) is 9.33. The summed E-state index contributed by atoms with van der Waals surface area (Å²) in [6.07, 6.45) is 1.05. The zero-order valence-corrected chi connectivity index (χ0v) is 11.9. The zero-order chi connectivity index (χ0) is 13.2. The highest BCUT2D eigenvalue weighted by Crippen LogP contribution is 2.37. The Kier molecular flexibility index (Phi) is 3.47. The first kappa shape index (κ1) is 12.5. The van der Waals surface area contributed by atoms with Gasteiger partial charge >= 0.3 is 0 Å². The molecule has 3 rings (SSSR count). The molecule has 1 aliphatic rings. The molecular formula is C16H17NOS. The molecule has 3 heteroatoms. The third-order valence-corrected chi connectivity index (χ3v) is 4.51. The number of anilines is 1. The molecule has 0 aliphatic carbocycles. The summed E-state index contributed by atoms with van der Waals surface area (Å²) in [5, 5.41) is 2.28. The van der Waals surface area contributed by atoms with E-state index in [4.69, 9.17) is 0 Å². The van der Waals surface area contributed by atoms with Gasteiger partial charge in [0.05, 0.1) is 5.69 Å². The van der Waals surface area contributed by atoms with Crippen LogP contribution in [-0.2, 0) is 0 Å². The van der Waals surface area contributed by atoms with Gasteiger partial charge in [0, 0.05) is 17.5 Å². The normalized spacial score (nSPS) is 13.5. The Balaban J connectivity index is 1.90. The van der Waals surface area contributed by atoms with Crippen LogP contribution in [0, 0.1) is 0 Å². The van der Waals surface area contributed by atoms with Crippen LogP contribution in [-0.4, -0.2) is 24.0 Å². The number of nitrogens with zero attached hydrogens (tertiary/aromatic N) is 1. The zero-order valence-electron chi connectivity index (χ0n) is 11.1. The summed E-state index contributed by atoms with van der Waals surface area (Å²) < 4.78 is 0. The lowest BCUT2D eigenvalue weighted by Gasteiger charge is -2.17. The summed E-state index contributed by atoms with van der Waals surface area (Å²) in [6.45, 7) is 2.99. The minimum absolute atomic E-state index is 0.160. The van der Waals surface area contributed by atoms with Crippen LogP contribution in [0.2, 0.25) is 0 Å². The van der Waals surface area contributed by atoms with E-state index in [1.54, 1.807) is 0 Å². The monoisotopic (exact) mass is 271 g/mol. The highest BCUT2D eigenvalue weighted by atomic mass is 32.2. The van der Waals surface area contributed by atoms with Crippen molar-refractivity contribution in [1.82, 2.24) is 0 Å². The van der Waals surface area contributed by atoms with Crippen LogP contribution in [0.3, 0.4) is 0 Å². The van der Waals surface area contributed by atoms with Gasteiger partial charge in [-0.05, 0) is 35.4 Å². The number of amides is 1. The molecule has 1 amide bonds. The van der Waals surface area contributed by atoms with Crippen LogP contribution in [0.25, 0.3) is 10.8 Å². The maximum atomic E-state index is 12.5. The van der Waals surface area contributed by atoms with Gasteiger partial charge in [-0.1, -0.05) is 31.2 Å². The third-order valence-electron chi connectivity index (χ3n) is 3.52. The number of thioether (sulfide) groups is 1. The fourth-order valence-electron chi connectivity index (χ4n) is 2.67. The Morgan fingerprint density at radius 3 is 2.74 bits per heavy atom. The first-order valence-corrected chi connectivity index (χ1v) is 7.89. The smallest absolute Gasteiger partial charge is 0.258 e. The summed E-state index contributed by atoms with van der Waals surface area (Å²) >= 11 is 1.93. The highest BCUT2D eigenvalue weighted by molar-refractivity contribution is 7.99. The number of hydrogen-bond donors (Lipinski definition) is 0. The van der Waals surface area contributed by atoms with Crippen molar-refractivity contribution in [3.63, 3.8) is 0 Å². The highest BCUT2D eigenvalue weighted by Gasteiger charge is 2.28. The van der Waals surface area contributed by atoms with Gasteiger partial charge in [-0.25, -0.2) is 0 Å². The van der Waals surface area contributed by atoms with Gasteiger partial charge < -0.3 is 4.90 Å². The maximum absolute atomic E-state index is 12.5. The summed E-state index contributed by atoms with van der Waals surface area (Å²) in [6, 6.07) is 12.2. The van der Waals surface area contributed by atoms with Gasteiger partial charge in [0.2, 0.25) is 0 Å². The van der Waals surface area contributed by atoms with Gasteiger partial charge in [-0.15, -0.1) is 0 Å². The van der Waals surface area contributed by atoms with E-state index in [1.807, 2.05) is 34.9 Å². The van der Waals surface area contributed by atoms with E-state index in [9.17, 15) is 4.79 Å². The molecule has 2 aromatic carbocycles. The summed E-state index contributed by atoms with van der Waals surface area (Å²) in [4.78, 5) is 14.4. The standard InChI is InChI=1S/C16H17NOS/c1-2-19-11-5-10-17-14-9-4-7-12-6-3-8-13(15(12)14)16(17)18/h3-4,6-9H,2,5,10-11H2,1H3. The molecule has 0 bridgehead atoms. The van der Waals surface area contributed by atoms with Crippen LogP contribution in [0.4, 0.5) is 5.69 Å². The van der Waals surface area contributed by atoms with Gasteiger partial charge in [-0.2, -0.15) is 11.8 Å². The van der Waals surface area contributed by atoms with E-state index >= 15 is 0 Å². The lowest BCUT2D eigenvalue weighted by atomic mass is 10.1. The van der Waals surface area contributed by atoms with Gasteiger partial charge in [0.1, 0.15) is 0 Å². The minimum atomic E-state index is 0.160. The molecule has 0 fully saturated rings. The number of benzene rings is 2. The fraction of sp³-hybridized carbons (Fsp3) is 0.312. The van der Waals surface area contributed by atoms with Gasteiger partial charge in [-0.3, -0.25) is 4.79 Å². The average Bonchev–Trinajstić information content (AvgIpc) is 2.71. The van der Waals surface area contributed by atoms with Crippen molar-refractivity contribution < 1.29 is 4.79 Å². The Bertz CT molecular complexity index is 618. The molecule has 0 saturated heterocycles. The van der Waals surface area contributed by atoms with E-state index in [2.05, 4.69) is 25.1 Å². The largest absolute Gasteiger partial charge is 0.308 e. The van der Waals surface area contributed by atoms with Gasteiger partial charge in [0.15, 0.2) is 0 Å².